The van der Waals surface area contributed by atoms with Crippen LogP contribution in [0.4, 0.5) is 5.69 Å². The number of nitrogens with zero attached hydrogens (tertiary/aromatic N) is 3. The molecule has 3 aromatic heterocycles. The molecule has 0 atom stereocenters. The van der Waals surface area contributed by atoms with Gasteiger partial charge in [-0.15, -0.1) is 0 Å². The average Bonchev–Trinajstić information content (AvgIpc) is 3.81. The van der Waals surface area contributed by atoms with E-state index in [-0.39, 0.29) is 18.5 Å². The third-order valence-electron chi connectivity index (χ3n) is 8.95. The molecule has 0 spiro atoms. The van der Waals surface area contributed by atoms with Crippen LogP contribution in [0, 0.1) is 24.0 Å². The van der Waals surface area contributed by atoms with Crippen LogP contribution in [0.5, 0.6) is 0 Å². The first kappa shape index (κ1) is 37.6. The van der Waals surface area contributed by atoms with Crippen LogP contribution in [0.1, 0.15) is 78.1 Å². The molecule has 1 aromatic carbocycles. The van der Waals surface area contributed by atoms with Crippen molar-refractivity contribution in [2.45, 2.75) is 53.4 Å². The highest BCUT2D eigenvalue weighted by Gasteiger charge is 2.19. The van der Waals surface area contributed by atoms with Crippen LogP contribution >= 0.6 is 0 Å². The predicted molar refractivity (Wildman–Crippen MR) is 207 cm³/mol. The van der Waals surface area contributed by atoms with Crippen molar-refractivity contribution in [3.63, 3.8) is 0 Å². The fourth-order valence-corrected chi connectivity index (χ4v) is 6.09. The number of carboxylic acids is 2. The number of allylic oxidation sites excluding steroid dienone is 6. The van der Waals surface area contributed by atoms with Crippen molar-refractivity contribution in [3.8, 4) is 0 Å². The van der Waals surface area contributed by atoms with E-state index in [4.69, 9.17) is 9.97 Å². The van der Waals surface area contributed by atoms with Gasteiger partial charge in [0.05, 0.1) is 27.7 Å². The van der Waals surface area contributed by atoms with Crippen LogP contribution in [0.3, 0.4) is 0 Å². The summed E-state index contributed by atoms with van der Waals surface area (Å²) in [6.45, 7) is 8.01. The molecule has 0 amide bonds. The van der Waals surface area contributed by atoms with Gasteiger partial charge in [0.2, 0.25) is 0 Å². The highest BCUT2D eigenvalue weighted by molar-refractivity contribution is 5.94. The molecule has 6 rings (SSSR count). The van der Waals surface area contributed by atoms with Crippen LogP contribution in [-0.2, 0) is 20.8 Å². The van der Waals surface area contributed by atoms with Gasteiger partial charge in [0.1, 0.15) is 6.29 Å². The van der Waals surface area contributed by atoms with E-state index in [9.17, 15) is 34.7 Å². The van der Waals surface area contributed by atoms with Crippen molar-refractivity contribution in [3.05, 3.63) is 128 Å². The summed E-state index contributed by atoms with van der Waals surface area (Å²) >= 11 is 0. The first-order valence-corrected chi connectivity index (χ1v) is 16.9. The van der Waals surface area contributed by atoms with E-state index in [1.165, 1.54) is 18.2 Å². The number of non-ortho nitro benzene ring substituents is 1. The lowest BCUT2D eigenvalue weighted by Gasteiger charge is -2.03. The van der Waals surface area contributed by atoms with Gasteiger partial charge in [0, 0.05) is 47.0 Å². The Bertz CT molecular complexity index is 2390. The van der Waals surface area contributed by atoms with Crippen molar-refractivity contribution in [1.82, 2.24) is 19.9 Å². The van der Waals surface area contributed by atoms with E-state index in [2.05, 4.69) is 16.0 Å². The number of rotatable bonds is 10. The topological polar surface area (TPSA) is 192 Å². The van der Waals surface area contributed by atoms with E-state index < -0.39 is 16.9 Å². The normalized spacial score (nSPS) is 12.5. The summed E-state index contributed by atoms with van der Waals surface area (Å²) in [6, 6.07) is 16.1. The first-order chi connectivity index (χ1) is 25.3. The van der Waals surface area contributed by atoms with E-state index in [0.29, 0.717) is 24.8 Å². The molecule has 5 heterocycles. The lowest BCUT2D eigenvalue weighted by molar-refractivity contribution is -0.384. The maximum atomic E-state index is 11.4. The van der Waals surface area contributed by atoms with E-state index in [0.717, 1.165) is 78.1 Å². The Labute approximate surface area is 305 Å². The molecule has 0 saturated heterocycles. The van der Waals surface area contributed by atoms with Gasteiger partial charge in [-0.2, -0.15) is 0 Å². The van der Waals surface area contributed by atoms with E-state index in [1.54, 1.807) is 30.4 Å². The zero-order chi connectivity index (χ0) is 38.2. The second-order valence-corrected chi connectivity index (χ2v) is 12.7. The molecule has 0 unspecified atom stereocenters. The molecule has 0 fully saturated rings. The summed E-state index contributed by atoms with van der Waals surface area (Å²) in [5.41, 5.74) is 13.3. The molecule has 0 saturated carbocycles. The summed E-state index contributed by atoms with van der Waals surface area (Å²) < 4.78 is 0. The Morgan fingerprint density at radius 1 is 0.792 bits per heavy atom. The van der Waals surface area contributed by atoms with Crippen LogP contribution in [0.25, 0.3) is 50.9 Å². The van der Waals surface area contributed by atoms with Gasteiger partial charge in [-0.1, -0.05) is 18.2 Å². The fraction of sp³-hybridized carbons (Fsp3) is 0.195. The molecule has 53 heavy (non-hydrogen) atoms. The largest absolute Gasteiger partial charge is 0.481 e. The number of fused-ring (bicyclic) bond motifs is 8. The third kappa shape index (κ3) is 9.36. The van der Waals surface area contributed by atoms with Gasteiger partial charge in [-0.05, 0) is 134 Å². The maximum absolute atomic E-state index is 11.4. The molecular formula is C41H39N5O7. The lowest BCUT2D eigenvalue weighted by atomic mass is 10.0. The molecule has 4 N–H and O–H groups in total. The molecule has 0 aliphatic carbocycles. The number of H-pyrrole nitrogens is 2. The minimum Gasteiger partial charge on any atom is -0.481 e. The molecule has 12 nitrogen and oxygen atoms in total. The second kappa shape index (κ2) is 16.6. The lowest BCUT2D eigenvalue weighted by Crippen LogP contribution is -1.98. The number of aromatic nitrogens is 4. The second-order valence-electron chi connectivity index (χ2n) is 12.7. The first-order valence-electron chi connectivity index (χ1n) is 16.9. The number of nitro benzene ring substituents is 1. The van der Waals surface area contributed by atoms with Crippen molar-refractivity contribution in [2.75, 3.05) is 0 Å². The van der Waals surface area contributed by atoms with Crippen LogP contribution < -0.4 is 0 Å². The van der Waals surface area contributed by atoms with Crippen molar-refractivity contribution < 1.29 is 29.5 Å². The number of carbonyl (C=O) groups is 3. The smallest absolute Gasteiger partial charge is 0.303 e. The summed E-state index contributed by atoms with van der Waals surface area (Å²) in [4.78, 5) is 59.4. The number of carbonyl (C=O) groups excluding carboxylic acids is 1. The number of aryl methyl sites for hydroxylation is 3. The fourth-order valence-electron chi connectivity index (χ4n) is 6.09. The minimum absolute atomic E-state index is 0.00160. The molecule has 8 bridgehead atoms. The van der Waals surface area contributed by atoms with Gasteiger partial charge in [-0.25, -0.2) is 9.97 Å². The Balaban J connectivity index is 0.000000303. The summed E-state index contributed by atoms with van der Waals surface area (Å²) in [7, 11) is 0. The molecule has 2 aliphatic heterocycles. The third-order valence-corrected chi connectivity index (χ3v) is 8.95. The maximum Gasteiger partial charge on any atom is 0.303 e. The number of carboxylic acid groups (broad SMARTS) is 2. The SMILES string of the molecule is CC1=Cc2cc3[nH]c(cc4nc(cc5[nH]c(cc1n2)c(C)c5CCC(=O)O)C(CCC(=O)O)=C4C)cc3C.O=C/C=C/C=C/c1ccc([N+](=O)[O-])cc1. The van der Waals surface area contributed by atoms with Crippen LogP contribution in [-0.4, -0.2) is 53.3 Å². The van der Waals surface area contributed by atoms with Crippen LogP contribution in [0.15, 0.2) is 72.8 Å². The van der Waals surface area contributed by atoms with E-state index in [1.807, 2.05) is 58.0 Å². The zero-order valence-electron chi connectivity index (χ0n) is 29.8. The number of nitrogens with one attached hydrogen (secondary N) is 2. The highest BCUT2D eigenvalue weighted by atomic mass is 16.6. The molecular weight excluding hydrogens is 674 g/mol. The minimum atomic E-state index is -0.868. The molecule has 2 aliphatic rings. The number of aldehydes is 1. The van der Waals surface area contributed by atoms with Crippen LogP contribution in [0.2, 0.25) is 0 Å². The van der Waals surface area contributed by atoms with Gasteiger partial charge in [0.15, 0.2) is 0 Å². The number of benzene rings is 1. The Hall–Kier alpha value is -6.69. The average molecular weight is 714 g/mol. The van der Waals surface area contributed by atoms with E-state index >= 15 is 0 Å². The summed E-state index contributed by atoms with van der Waals surface area (Å²) in [5, 5.41) is 29.1. The Morgan fingerprint density at radius 2 is 1.49 bits per heavy atom. The quantitative estimate of drug-likeness (QED) is 0.0409. The standard InChI is InChI=1S/C30H30N4O4.C11H9NO3/c1-15-9-20-12-25-17(3)21(5-7-29(35)36)27(33-25)14-28-22(6-8-30(37)38)18(4)26(34-28)13-24-16(2)10-19(32-24)11-23(15)31-20;13-9-3-1-2-4-10-5-7-11(8-6-10)12(14)15/h9-14,31,34H,5-8H2,1-4H3,(H,35,36)(H,37,38);1-9H/b;3-1+,4-2+. The molecule has 0 radical (unpaired) electrons. The summed E-state index contributed by atoms with van der Waals surface area (Å²) in [6.07, 6.45) is 9.82. The molecule has 4 aromatic rings. The molecule has 270 valence electrons. The van der Waals surface area contributed by atoms with Gasteiger partial charge >= 0.3 is 11.9 Å². The highest BCUT2D eigenvalue weighted by Crippen LogP contribution is 2.34. The number of aliphatic carboxylic acids is 2. The molecule has 12 heteroatoms. The summed E-state index contributed by atoms with van der Waals surface area (Å²) in [5.74, 6) is -1.73. The van der Waals surface area contributed by atoms with Gasteiger partial charge in [-0.3, -0.25) is 24.5 Å². The van der Waals surface area contributed by atoms with Gasteiger partial charge < -0.3 is 20.2 Å². The zero-order valence-corrected chi connectivity index (χ0v) is 29.8. The van der Waals surface area contributed by atoms with Crippen molar-refractivity contribution >= 4 is 74.9 Å². The number of aromatic amines is 2. The number of hydrogen-bond donors (Lipinski definition) is 4. The van der Waals surface area contributed by atoms with Crippen molar-refractivity contribution in [2.24, 2.45) is 0 Å². The Kier molecular flexibility index (Phi) is 11.7. The monoisotopic (exact) mass is 713 g/mol. The van der Waals surface area contributed by atoms with Gasteiger partial charge in [0.25, 0.3) is 5.69 Å². The number of nitro groups is 1. The number of hydrogen-bond acceptors (Lipinski definition) is 7. The van der Waals surface area contributed by atoms with Crippen molar-refractivity contribution in [1.29, 1.82) is 0 Å². The predicted octanol–water partition coefficient (Wildman–Crippen LogP) is 8.67. The Morgan fingerprint density at radius 3 is 2.17 bits per heavy atom.